The van der Waals surface area contributed by atoms with Crippen LogP contribution >= 0.6 is 11.3 Å². The van der Waals surface area contributed by atoms with E-state index in [0.29, 0.717) is 6.54 Å². The van der Waals surface area contributed by atoms with Crippen LogP contribution in [0.5, 0.6) is 0 Å². The van der Waals surface area contributed by atoms with Gasteiger partial charge in [-0.3, -0.25) is 0 Å². The van der Waals surface area contributed by atoms with Gasteiger partial charge in [-0.05, 0) is 51.5 Å². The molecule has 0 spiro atoms. The predicted octanol–water partition coefficient (Wildman–Crippen LogP) is 4.20. The van der Waals surface area contributed by atoms with Crippen molar-refractivity contribution in [3.8, 4) is 0 Å². The van der Waals surface area contributed by atoms with E-state index in [-0.39, 0.29) is 6.04 Å². The molecule has 1 aromatic carbocycles. The molecule has 2 nitrogen and oxygen atoms in total. The van der Waals surface area contributed by atoms with Crippen molar-refractivity contribution >= 4 is 17.0 Å². The maximum absolute atomic E-state index is 6.09. The molecule has 1 aromatic heterocycles. The van der Waals surface area contributed by atoms with E-state index in [1.807, 2.05) is 11.3 Å². The smallest absolute Gasteiger partial charge is 0.0675 e. The summed E-state index contributed by atoms with van der Waals surface area (Å²) >= 11 is 1.86. The van der Waals surface area contributed by atoms with Gasteiger partial charge in [-0.25, -0.2) is 0 Å². The minimum atomic E-state index is 0.257. The van der Waals surface area contributed by atoms with E-state index < -0.39 is 0 Å². The van der Waals surface area contributed by atoms with Crippen molar-refractivity contribution in [2.45, 2.75) is 33.7 Å². The van der Waals surface area contributed by atoms with Crippen molar-refractivity contribution in [3.05, 3.63) is 51.2 Å². The Balaban J connectivity index is 2.37. The van der Waals surface area contributed by atoms with Gasteiger partial charge in [0.25, 0.3) is 0 Å². The second-order valence-electron chi connectivity index (χ2n) is 5.24. The highest BCUT2D eigenvalue weighted by Gasteiger charge is 2.21. The second-order valence-corrected chi connectivity index (χ2v) is 6.70. The van der Waals surface area contributed by atoms with Gasteiger partial charge in [0.2, 0.25) is 0 Å². The van der Waals surface area contributed by atoms with Crippen molar-refractivity contribution < 1.29 is 0 Å². The number of anilines is 1. The summed E-state index contributed by atoms with van der Waals surface area (Å²) < 4.78 is 0. The molecule has 0 fully saturated rings. The molecule has 3 heteroatoms. The summed E-state index contributed by atoms with van der Waals surface area (Å²) in [5.41, 5.74) is 10.00. The molecule has 0 aliphatic carbocycles. The first-order chi connectivity index (χ1) is 9.56. The van der Waals surface area contributed by atoms with Crippen LogP contribution in [0.4, 0.5) is 5.69 Å². The molecule has 108 valence electrons. The van der Waals surface area contributed by atoms with E-state index in [9.17, 15) is 0 Å². The lowest BCUT2D eigenvalue weighted by atomic mass is 10.0. The molecule has 0 aliphatic heterocycles. The van der Waals surface area contributed by atoms with Crippen molar-refractivity contribution in [1.29, 1.82) is 0 Å². The number of aryl methyl sites for hydroxylation is 3. The average molecular weight is 288 g/mol. The highest BCUT2D eigenvalue weighted by atomic mass is 32.1. The van der Waals surface area contributed by atoms with Crippen LogP contribution in [0.25, 0.3) is 0 Å². The molecule has 0 amide bonds. The maximum Gasteiger partial charge on any atom is 0.0675 e. The van der Waals surface area contributed by atoms with Gasteiger partial charge < -0.3 is 10.6 Å². The number of hydrogen-bond donors (Lipinski definition) is 1. The fourth-order valence-corrected chi connectivity index (χ4v) is 3.70. The minimum absolute atomic E-state index is 0.257. The van der Waals surface area contributed by atoms with Crippen LogP contribution in [-0.4, -0.2) is 13.1 Å². The minimum Gasteiger partial charge on any atom is -0.363 e. The quantitative estimate of drug-likeness (QED) is 0.893. The van der Waals surface area contributed by atoms with Gasteiger partial charge in [0.15, 0.2) is 0 Å². The van der Waals surface area contributed by atoms with Crippen LogP contribution in [0.15, 0.2) is 30.3 Å². The molecule has 0 aliphatic rings. The summed E-state index contributed by atoms with van der Waals surface area (Å²) in [6.45, 7) is 10.3. The van der Waals surface area contributed by atoms with Crippen LogP contribution in [0, 0.1) is 20.8 Å². The van der Waals surface area contributed by atoms with Crippen molar-refractivity contribution in [3.63, 3.8) is 0 Å². The van der Waals surface area contributed by atoms with Crippen LogP contribution in [0.1, 0.15) is 33.8 Å². The fraction of sp³-hybridized carbons (Fsp3) is 0.412. The Bertz CT molecular complexity index is 557. The summed E-state index contributed by atoms with van der Waals surface area (Å²) in [4.78, 5) is 5.13. The zero-order valence-electron chi connectivity index (χ0n) is 12.8. The molecule has 2 N–H and O–H groups in total. The molecule has 0 saturated heterocycles. The van der Waals surface area contributed by atoms with Crippen LogP contribution in [0.2, 0.25) is 0 Å². The lowest BCUT2D eigenvalue weighted by Crippen LogP contribution is -2.33. The summed E-state index contributed by atoms with van der Waals surface area (Å²) in [7, 11) is 0. The van der Waals surface area contributed by atoms with Crippen molar-refractivity contribution in [2.75, 3.05) is 18.0 Å². The predicted molar refractivity (Wildman–Crippen MR) is 89.8 cm³/mol. The SMILES string of the molecule is CCN(c1ccc(C)cc1)C(CN)c1cc(C)sc1C. The van der Waals surface area contributed by atoms with Gasteiger partial charge >= 0.3 is 0 Å². The first-order valence-corrected chi connectivity index (χ1v) is 7.98. The Kier molecular flexibility index (Phi) is 4.84. The normalized spacial score (nSPS) is 12.4. The number of thiophene rings is 1. The van der Waals surface area contributed by atoms with Gasteiger partial charge in [-0.1, -0.05) is 17.7 Å². The summed E-state index contributed by atoms with van der Waals surface area (Å²) in [6.07, 6.45) is 0. The zero-order chi connectivity index (χ0) is 14.7. The first-order valence-electron chi connectivity index (χ1n) is 7.17. The highest BCUT2D eigenvalue weighted by molar-refractivity contribution is 7.12. The van der Waals surface area contributed by atoms with E-state index in [0.717, 1.165) is 6.54 Å². The zero-order valence-corrected chi connectivity index (χ0v) is 13.6. The Morgan fingerprint density at radius 2 is 1.80 bits per heavy atom. The van der Waals surface area contributed by atoms with Crippen molar-refractivity contribution in [1.82, 2.24) is 0 Å². The third kappa shape index (κ3) is 3.05. The Hall–Kier alpha value is -1.32. The van der Waals surface area contributed by atoms with Gasteiger partial charge in [0, 0.05) is 28.5 Å². The first kappa shape index (κ1) is 15.1. The monoisotopic (exact) mass is 288 g/mol. The van der Waals surface area contributed by atoms with Gasteiger partial charge in [0.05, 0.1) is 6.04 Å². The molecule has 1 unspecified atom stereocenters. The largest absolute Gasteiger partial charge is 0.363 e. The highest BCUT2D eigenvalue weighted by Crippen LogP contribution is 2.32. The molecule has 0 bridgehead atoms. The topological polar surface area (TPSA) is 29.3 Å². The van der Waals surface area contributed by atoms with Gasteiger partial charge in [-0.2, -0.15) is 0 Å². The lowest BCUT2D eigenvalue weighted by Gasteiger charge is -2.32. The number of rotatable bonds is 5. The van der Waals surface area contributed by atoms with E-state index in [1.165, 1.54) is 26.6 Å². The molecule has 0 radical (unpaired) electrons. The number of hydrogen-bond acceptors (Lipinski definition) is 3. The third-order valence-electron chi connectivity index (χ3n) is 3.74. The average Bonchev–Trinajstić information content (AvgIpc) is 2.76. The summed E-state index contributed by atoms with van der Waals surface area (Å²) in [5, 5.41) is 0. The van der Waals surface area contributed by atoms with Crippen molar-refractivity contribution in [2.24, 2.45) is 5.73 Å². The Labute approximate surface area is 126 Å². The van der Waals surface area contributed by atoms with Crippen LogP contribution < -0.4 is 10.6 Å². The van der Waals surface area contributed by atoms with Gasteiger partial charge in [-0.15, -0.1) is 11.3 Å². The summed E-state index contributed by atoms with van der Waals surface area (Å²) in [6, 6.07) is 11.3. The Morgan fingerprint density at radius 3 is 2.25 bits per heavy atom. The second kappa shape index (κ2) is 6.42. The number of nitrogens with two attached hydrogens (primary N) is 1. The molecule has 2 aromatic rings. The molecule has 2 rings (SSSR count). The fourth-order valence-electron chi connectivity index (χ4n) is 2.72. The lowest BCUT2D eigenvalue weighted by molar-refractivity contribution is 0.642. The maximum atomic E-state index is 6.09. The van der Waals surface area contributed by atoms with Crippen LogP contribution in [-0.2, 0) is 0 Å². The molecule has 1 heterocycles. The molecule has 0 saturated carbocycles. The Morgan fingerprint density at radius 1 is 1.15 bits per heavy atom. The molecule has 20 heavy (non-hydrogen) atoms. The standard InChI is InChI=1S/C17H24N2S/c1-5-19(15-8-6-12(2)7-9-15)17(11-18)16-10-13(3)20-14(16)4/h6-10,17H,5,11,18H2,1-4H3. The van der Waals surface area contributed by atoms with E-state index >= 15 is 0 Å². The van der Waals surface area contributed by atoms with Gasteiger partial charge in [0.1, 0.15) is 0 Å². The van der Waals surface area contributed by atoms with E-state index in [2.05, 4.69) is 62.9 Å². The molecule has 1 atom stereocenters. The number of nitrogens with zero attached hydrogens (tertiary/aromatic N) is 1. The van der Waals surface area contributed by atoms with E-state index in [1.54, 1.807) is 0 Å². The summed E-state index contributed by atoms with van der Waals surface area (Å²) in [5.74, 6) is 0. The van der Waals surface area contributed by atoms with E-state index in [4.69, 9.17) is 5.73 Å². The number of likely N-dealkylation sites (N-methyl/N-ethyl adjacent to an activating group) is 1. The van der Waals surface area contributed by atoms with Crippen LogP contribution in [0.3, 0.4) is 0 Å². The molecular weight excluding hydrogens is 264 g/mol. The number of benzene rings is 1. The molecular formula is C17H24N2S. The third-order valence-corrected chi connectivity index (χ3v) is 4.73.